The minimum Gasteiger partial charge on any atom is -0.396 e. The first-order chi connectivity index (χ1) is 3.06. The molecule has 0 aromatic carbocycles. The fraction of sp³-hybridized carbons (Fsp3) is 1.00. The van der Waals surface area contributed by atoms with Gasteiger partial charge in [0.25, 0.3) is 0 Å². The van der Waals surface area contributed by atoms with Crippen molar-refractivity contribution in [3.05, 3.63) is 0 Å². The van der Waals surface area contributed by atoms with E-state index in [1.807, 2.05) is 0 Å². The molecule has 0 aliphatic carbocycles. The molecule has 0 aliphatic rings. The summed E-state index contributed by atoms with van der Waals surface area (Å²) in [5.74, 6) is 0. The Morgan fingerprint density at radius 3 is 3.00 bits per heavy atom. The summed E-state index contributed by atoms with van der Waals surface area (Å²) in [5.41, 5.74) is 0. The maximum absolute atomic E-state index is 8.04. The van der Waals surface area contributed by atoms with Crippen LogP contribution in [0.2, 0.25) is 0 Å². The Hall–Kier alpha value is -0.0400. The minimum atomic E-state index is -1.95. The van der Waals surface area contributed by atoms with Gasteiger partial charge < -0.3 is 5.11 Å². The van der Waals surface area contributed by atoms with Gasteiger partial charge in [-0.05, 0) is 6.42 Å². The van der Waals surface area contributed by atoms with Crippen molar-refractivity contribution in [2.45, 2.75) is 13.3 Å². The molecule has 1 nitrogen and oxygen atoms in total. The lowest BCUT2D eigenvalue weighted by atomic mass is 10.5. The van der Waals surface area contributed by atoms with Crippen LogP contribution in [0, 0.1) is 0 Å². The lowest BCUT2D eigenvalue weighted by molar-refractivity contribution is 0.295. The smallest absolute Gasteiger partial charge is 0.0428 e. The first kappa shape index (κ1) is 0.977. The molecule has 1 N–H and O–H groups in total. The van der Waals surface area contributed by atoms with E-state index in [0.717, 1.165) is 0 Å². The highest BCUT2D eigenvalue weighted by Crippen LogP contribution is 1.61. The Bertz CT molecular complexity index is 48.6. The lowest BCUT2D eigenvalue weighted by Gasteiger charge is -1.69. The fourth-order valence-electron chi connectivity index (χ4n) is 0. The van der Waals surface area contributed by atoms with Crippen molar-refractivity contribution in [1.82, 2.24) is 0 Å². The molecule has 1 heteroatoms. The average molecular weight is 63.1 g/mol. The van der Waals surface area contributed by atoms with Gasteiger partial charge in [-0.2, -0.15) is 0 Å². The van der Waals surface area contributed by atoms with Gasteiger partial charge in [-0.25, -0.2) is 0 Å². The molecular formula is C3H8O. The molecule has 0 saturated carbocycles. The van der Waals surface area contributed by atoms with Gasteiger partial charge in [0.2, 0.25) is 0 Å². The van der Waals surface area contributed by atoms with E-state index in [1.54, 1.807) is 0 Å². The number of aliphatic hydroxyl groups excluding tert-OH is 1. The molecule has 0 amide bonds. The Balaban J connectivity index is 3.15. The predicted octanol–water partition coefficient (Wildman–Crippen LogP) is 0.389. The van der Waals surface area contributed by atoms with Gasteiger partial charge in [0, 0.05) is 10.7 Å². The molecule has 4 heavy (non-hydrogen) atoms. The van der Waals surface area contributed by atoms with E-state index in [1.165, 1.54) is 0 Å². The van der Waals surface area contributed by atoms with Crippen molar-refractivity contribution >= 4 is 0 Å². The Kier molecular flexibility index (Phi) is 0.723. The standard InChI is InChI=1S/C3H8O/c1-2-3-4/h4H,2-3H2,1H3/i1D3. The van der Waals surface area contributed by atoms with Crippen LogP contribution >= 0.6 is 0 Å². The third-order valence-electron chi connectivity index (χ3n) is 0.112. The van der Waals surface area contributed by atoms with Crippen molar-refractivity contribution < 1.29 is 9.22 Å². The van der Waals surface area contributed by atoms with E-state index in [4.69, 9.17) is 9.22 Å². The van der Waals surface area contributed by atoms with Crippen LogP contribution in [0.1, 0.15) is 17.4 Å². The van der Waals surface area contributed by atoms with E-state index < -0.39 is 6.85 Å². The second-order valence-corrected chi connectivity index (χ2v) is 0.474. The van der Waals surface area contributed by atoms with Crippen LogP contribution in [-0.4, -0.2) is 11.7 Å². The quantitative estimate of drug-likeness (QED) is 0.466. The van der Waals surface area contributed by atoms with E-state index in [9.17, 15) is 0 Å². The highest BCUT2D eigenvalue weighted by Gasteiger charge is 1.57. The van der Waals surface area contributed by atoms with Gasteiger partial charge in [0.1, 0.15) is 0 Å². The molecule has 0 bridgehead atoms. The maximum atomic E-state index is 8.04. The average Bonchev–Trinajstić information content (AvgIpc) is 1.30. The van der Waals surface area contributed by atoms with Gasteiger partial charge >= 0.3 is 0 Å². The molecule has 26 valence electrons. The van der Waals surface area contributed by atoms with Gasteiger partial charge in [-0.3, -0.25) is 0 Å². The molecular weight excluding hydrogens is 52.0 g/mol. The van der Waals surface area contributed by atoms with Gasteiger partial charge in [0.05, 0.1) is 0 Å². The summed E-state index contributed by atoms with van der Waals surface area (Å²) in [6, 6.07) is 0. The molecule has 0 saturated heterocycles. The second kappa shape index (κ2) is 2.96. The highest BCUT2D eigenvalue weighted by molar-refractivity contribution is 4.10. The molecule has 0 fully saturated rings. The molecule has 0 rings (SSSR count). The number of aliphatic hydroxyl groups is 1. The zero-order valence-electron chi connectivity index (χ0n) is 5.36. The van der Waals surface area contributed by atoms with E-state index in [2.05, 4.69) is 0 Å². The summed E-state index contributed by atoms with van der Waals surface area (Å²) in [7, 11) is 0. The molecule has 0 radical (unpaired) electrons. The number of rotatable bonds is 1. The summed E-state index contributed by atoms with van der Waals surface area (Å²) in [6.45, 7) is -2.20. The van der Waals surface area contributed by atoms with Crippen LogP contribution in [0.25, 0.3) is 0 Å². The van der Waals surface area contributed by atoms with Crippen molar-refractivity contribution in [3.63, 3.8) is 0 Å². The summed E-state index contributed by atoms with van der Waals surface area (Å²) < 4.78 is 19.5. The van der Waals surface area contributed by atoms with Gasteiger partial charge in [-0.1, -0.05) is 6.85 Å². The fourth-order valence-corrected chi connectivity index (χ4v) is 0. The molecule has 0 atom stereocenters. The molecule has 0 aromatic rings. The molecule has 0 spiro atoms. The normalized spacial score (nSPS) is 21.8. The van der Waals surface area contributed by atoms with Crippen molar-refractivity contribution in [2.75, 3.05) is 6.61 Å². The Morgan fingerprint density at radius 1 is 2.25 bits per heavy atom. The molecule has 0 unspecified atom stereocenters. The summed E-state index contributed by atoms with van der Waals surface area (Å²) in [5, 5.41) is 8.04. The zero-order chi connectivity index (χ0) is 5.91. The van der Waals surface area contributed by atoms with E-state index >= 15 is 0 Å². The van der Waals surface area contributed by atoms with Crippen molar-refractivity contribution in [2.24, 2.45) is 0 Å². The van der Waals surface area contributed by atoms with Crippen LogP contribution in [0.5, 0.6) is 0 Å². The first-order valence-electron chi connectivity index (χ1n) is 2.67. The van der Waals surface area contributed by atoms with E-state index in [0.29, 0.717) is 0 Å². The summed E-state index contributed by atoms with van der Waals surface area (Å²) in [6.07, 6.45) is -0.104. The molecule has 0 aliphatic heterocycles. The van der Waals surface area contributed by atoms with Crippen LogP contribution in [-0.2, 0) is 0 Å². The second-order valence-electron chi connectivity index (χ2n) is 0.474. The highest BCUT2D eigenvalue weighted by atomic mass is 16.2. The van der Waals surface area contributed by atoms with Crippen LogP contribution in [0.4, 0.5) is 0 Å². The third kappa shape index (κ3) is 1.96. The first-order valence-corrected chi connectivity index (χ1v) is 1.17. The van der Waals surface area contributed by atoms with Crippen molar-refractivity contribution in [3.8, 4) is 0 Å². The van der Waals surface area contributed by atoms with Crippen LogP contribution in [0.15, 0.2) is 0 Å². The predicted molar refractivity (Wildman–Crippen MR) is 17.4 cm³/mol. The molecule has 0 aromatic heterocycles. The summed E-state index contributed by atoms with van der Waals surface area (Å²) >= 11 is 0. The number of hydrogen-bond donors (Lipinski definition) is 1. The molecule has 0 heterocycles. The summed E-state index contributed by atoms with van der Waals surface area (Å²) in [4.78, 5) is 0. The Labute approximate surface area is 30.5 Å². The topological polar surface area (TPSA) is 20.2 Å². The monoisotopic (exact) mass is 63.1 g/mol. The number of hydrogen-bond acceptors (Lipinski definition) is 1. The zero-order valence-corrected chi connectivity index (χ0v) is 2.36. The maximum Gasteiger partial charge on any atom is 0.0428 e. The van der Waals surface area contributed by atoms with Gasteiger partial charge in [-0.15, -0.1) is 0 Å². The minimum absolute atomic E-state index is 0.104. The van der Waals surface area contributed by atoms with Crippen LogP contribution in [0.3, 0.4) is 0 Å². The van der Waals surface area contributed by atoms with Gasteiger partial charge in [0.15, 0.2) is 0 Å². The largest absolute Gasteiger partial charge is 0.396 e. The van der Waals surface area contributed by atoms with Crippen LogP contribution < -0.4 is 0 Å². The Morgan fingerprint density at radius 2 is 3.00 bits per heavy atom. The lowest BCUT2D eigenvalue weighted by Crippen LogP contribution is -1.69. The van der Waals surface area contributed by atoms with E-state index in [-0.39, 0.29) is 13.0 Å². The third-order valence-corrected chi connectivity index (χ3v) is 0.112. The van der Waals surface area contributed by atoms with Crippen molar-refractivity contribution in [1.29, 1.82) is 0 Å². The SMILES string of the molecule is [2H]C([2H])([2H])CCO.